The second-order valence-corrected chi connectivity index (χ2v) is 7.27. The Bertz CT molecular complexity index is 920. The molecule has 2 heterocycles. The summed E-state index contributed by atoms with van der Waals surface area (Å²) in [5.74, 6) is -0.448. The van der Waals surface area contributed by atoms with Crippen LogP contribution in [-0.4, -0.2) is 23.9 Å². The second-order valence-electron chi connectivity index (χ2n) is 7.27. The molecule has 2 aliphatic rings. The fourth-order valence-corrected chi connectivity index (χ4v) is 4.17. The molecule has 0 spiro atoms. The van der Waals surface area contributed by atoms with Gasteiger partial charge in [-0.05, 0) is 66.8 Å². The normalized spacial score (nSPS) is 19.5. The van der Waals surface area contributed by atoms with Crippen LogP contribution >= 0.6 is 0 Å². The summed E-state index contributed by atoms with van der Waals surface area (Å²) < 4.78 is 39.1. The van der Waals surface area contributed by atoms with E-state index in [0.29, 0.717) is 11.7 Å². The number of benzene rings is 2. The molecule has 0 bridgehead atoms. The molecule has 0 aliphatic carbocycles. The maximum Gasteiger partial charge on any atom is 0.416 e. The van der Waals surface area contributed by atoms with Crippen LogP contribution in [-0.2, 0) is 17.4 Å². The molecule has 2 aliphatic heterocycles. The predicted octanol–water partition coefficient (Wildman–Crippen LogP) is 5.05. The van der Waals surface area contributed by atoms with Crippen molar-refractivity contribution in [3.05, 3.63) is 70.8 Å². The van der Waals surface area contributed by atoms with E-state index in [0.717, 1.165) is 38.1 Å². The van der Waals surface area contributed by atoms with Gasteiger partial charge in [0.25, 0.3) is 0 Å². The number of carbonyl (C=O) groups is 1. The zero-order valence-corrected chi connectivity index (χ0v) is 15.3. The highest BCUT2D eigenvalue weighted by atomic mass is 19.4. The number of nitrogens with zero attached hydrogens (tertiary/aromatic N) is 1. The van der Waals surface area contributed by atoms with Crippen LogP contribution in [0.3, 0.4) is 0 Å². The maximum absolute atomic E-state index is 13.0. The fourth-order valence-electron chi connectivity index (χ4n) is 4.17. The van der Waals surface area contributed by atoms with E-state index in [1.807, 2.05) is 18.2 Å². The third-order valence-electron chi connectivity index (χ3n) is 5.48. The van der Waals surface area contributed by atoms with Crippen LogP contribution in [0.25, 0.3) is 6.08 Å². The molecule has 2 aromatic carbocycles. The van der Waals surface area contributed by atoms with Gasteiger partial charge in [-0.15, -0.1) is 0 Å². The van der Waals surface area contributed by atoms with Crippen molar-refractivity contribution in [3.63, 3.8) is 0 Å². The van der Waals surface area contributed by atoms with Crippen molar-refractivity contribution in [3.8, 4) is 0 Å². The zero-order valence-electron chi connectivity index (χ0n) is 15.3. The van der Waals surface area contributed by atoms with Gasteiger partial charge in [-0.3, -0.25) is 9.69 Å². The Labute approximate surface area is 161 Å². The van der Waals surface area contributed by atoms with Crippen LogP contribution in [0.2, 0.25) is 0 Å². The minimum Gasteiger partial charge on any atom is -0.323 e. The van der Waals surface area contributed by atoms with Crippen LogP contribution < -0.4 is 5.32 Å². The molecule has 0 aromatic heterocycles. The van der Waals surface area contributed by atoms with Gasteiger partial charge in [-0.1, -0.05) is 24.3 Å². The minimum atomic E-state index is -4.46. The number of rotatable bonds is 3. The molecule has 6 heteroatoms. The van der Waals surface area contributed by atoms with Gasteiger partial charge < -0.3 is 5.32 Å². The molecule has 0 radical (unpaired) electrons. The molecule has 1 saturated heterocycles. The van der Waals surface area contributed by atoms with Crippen LogP contribution in [0.4, 0.5) is 18.9 Å². The van der Waals surface area contributed by atoms with Crippen molar-refractivity contribution in [1.29, 1.82) is 0 Å². The topological polar surface area (TPSA) is 32.3 Å². The SMILES string of the molecule is O=C(/C=C/c1ccccc1C(F)(F)F)Nc1ccc2c(c1)C1CCCN1CC2. The molecule has 4 rings (SSSR count). The summed E-state index contributed by atoms with van der Waals surface area (Å²) in [7, 11) is 0. The average Bonchev–Trinajstić information content (AvgIpc) is 3.15. The Hall–Kier alpha value is -2.60. The highest BCUT2D eigenvalue weighted by molar-refractivity contribution is 6.02. The minimum absolute atomic E-state index is 0.0304. The van der Waals surface area contributed by atoms with Gasteiger partial charge in [0.15, 0.2) is 0 Å². The number of halogens is 3. The molecule has 3 nitrogen and oxygen atoms in total. The monoisotopic (exact) mass is 386 g/mol. The van der Waals surface area contributed by atoms with Gasteiger partial charge in [0.05, 0.1) is 5.56 Å². The molecule has 1 N–H and O–H groups in total. The summed E-state index contributed by atoms with van der Waals surface area (Å²) >= 11 is 0. The van der Waals surface area contributed by atoms with Gasteiger partial charge in [0.2, 0.25) is 5.91 Å². The predicted molar refractivity (Wildman–Crippen MR) is 103 cm³/mol. The molecule has 28 heavy (non-hydrogen) atoms. The smallest absolute Gasteiger partial charge is 0.323 e. The molecule has 1 fully saturated rings. The number of alkyl halides is 3. The van der Waals surface area contributed by atoms with Crippen molar-refractivity contribution in [2.75, 3.05) is 18.4 Å². The largest absolute Gasteiger partial charge is 0.416 e. The lowest BCUT2D eigenvalue weighted by molar-refractivity contribution is -0.137. The van der Waals surface area contributed by atoms with E-state index >= 15 is 0 Å². The lowest BCUT2D eigenvalue weighted by atomic mass is 9.92. The number of fused-ring (bicyclic) bond motifs is 3. The van der Waals surface area contributed by atoms with Gasteiger partial charge in [-0.25, -0.2) is 0 Å². The van der Waals surface area contributed by atoms with Crippen LogP contribution in [0.5, 0.6) is 0 Å². The second kappa shape index (κ2) is 7.43. The highest BCUT2D eigenvalue weighted by Crippen LogP contribution is 2.38. The standard InChI is InChI=1S/C22H21F3N2O/c23-22(24,25)19-5-2-1-4-16(19)8-10-21(28)26-17-9-7-15-11-13-27-12-3-6-20(27)18(15)14-17/h1-2,4-5,7-10,14,20H,3,6,11-13H2,(H,26,28)/b10-8+. The molecule has 1 atom stereocenters. The van der Waals surface area contributed by atoms with E-state index < -0.39 is 17.6 Å². The first-order chi connectivity index (χ1) is 13.4. The van der Waals surface area contributed by atoms with E-state index in [2.05, 4.69) is 10.2 Å². The van der Waals surface area contributed by atoms with Gasteiger partial charge in [-0.2, -0.15) is 13.2 Å². The third kappa shape index (κ3) is 3.83. The highest BCUT2D eigenvalue weighted by Gasteiger charge is 2.32. The lowest BCUT2D eigenvalue weighted by Gasteiger charge is -2.32. The number of hydrogen-bond donors (Lipinski definition) is 1. The fraction of sp³-hybridized carbons (Fsp3) is 0.318. The summed E-state index contributed by atoms with van der Waals surface area (Å²) in [4.78, 5) is 14.7. The number of amides is 1. The van der Waals surface area contributed by atoms with Crippen molar-refractivity contribution >= 4 is 17.7 Å². The van der Waals surface area contributed by atoms with Gasteiger partial charge in [0.1, 0.15) is 0 Å². The Morgan fingerprint density at radius 1 is 1.14 bits per heavy atom. The van der Waals surface area contributed by atoms with Crippen molar-refractivity contribution in [1.82, 2.24) is 4.90 Å². The van der Waals surface area contributed by atoms with Gasteiger partial charge in [0, 0.05) is 24.4 Å². The van der Waals surface area contributed by atoms with Crippen molar-refractivity contribution in [2.24, 2.45) is 0 Å². The molecule has 146 valence electrons. The molecule has 2 aromatic rings. The van der Waals surface area contributed by atoms with Crippen molar-refractivity contribution < 1.29 is 18.0 Å². The Kier molecular flexibility index (Phi) is 4.98. The van der Waals surface area contributed by atoms with E-state index in [1.54, 1.807) is 0 Å². The van der Waals surface area contributed by atoms with E-state index in [1.165, 1.54) is 41.8 Å². The molecule has 0 saturated carbocycles. The number of anilines is 1. The summed E-state index contributed by atoms with van der Waals surface area (Å²) in [5, 5.41) is 2.77. The van der Waals surface area contributed by atoms with Crippen LogP contribution in [0.1, 0.15) is 41.1 Å². The van der Waals surface area contributed by atoms with Crippen LogP contribution in [0, 0.1) is 0 Å². The third-order valence-corrected chi connectivity index (χ3v) is 5.48. The first-order valence-electron chi connectivity index (χ1n) is 9.44. The number of hydrogen-bond acceptors (Lipinski definition) is 2. The Balaban J connectivity index is 1.49. The van der Waals surface area contributed by atoms with Crippen molar-refractivity contribution in [2.45, 2.75) is 31.5 Å². The summed E-state index contributed by atoms with van der Waals surface area (Å²) in [6.07, 6.45) is 1.21. The van der Waals surface area contributed by atoms with Gasteiger partial charge >= 0.3 is 6.18 Å². The average molecular weight is 386 g/mol. The molecule has 1 amide bonds. The molecular formula is C22H21F3N2O. The van der Waals surface area contributed by atoms with Crippen LogP contribution in [0.15, 0.2) is 48.5 Å². The van der Waals surface area contributed by atoms with E-state index in [9.17, 15) is 18.0 Å². The Morgan fingerprint density at radius 3 is 2.79 bits per heavy atom. The lowest BCUT2D eigenvalue weighted by Crippen LogP contribution is -2.30. The molecular weight excluding hydrogens is 365 g/mol. The summed E-state index contributed by atoms with van der Waals surface area (Å²) in [6.45, 7) is 2.19. The quantitative estimate of drug-likeness (QED) is 0.749. The summed E-state index contributed by atoms with van der Waals surface area (Å²) in [6, 6.07) is 11.5. The van der Waals surface area contributed by atoms with E-state index in [4.69, 9.17) is 0 Å². The number of nitrogens with one attached hydrogen (secondary N) is 1. The van der Waals surface area contributed by atoms with E-state index in [-0.39, 0.29) is 5.56 Å². The summed E-state index contributed by atoms with van der Waals surface area (Å²) in [5.41, 5.74) is 2.46. The number of carbonyl (C=O) groups excluding carboxylic acids is 1. The zero-order chi connectivity index (χ0) is 19.7. The first-order valence-corrected chi connectivity index (χ1v) is 9.44. The Morgan fingerprint density at radius 2 is 1.96 bits per heavy atom. The first kappa shape index (κ1) is 18.7. The maximum atomic E-state index is 13.0. The molecule has 1 unspecified atom stereocenters.